The van der Waals surface area contributed by atoms with E-state index < -0.39 is 39.7 Å². The first-order chi connectivity index (χ1) is 13.4. The van der Waals surface area contributed by atoms with Gasteiger partial charge in [0.1, 0.15) is 0 Å². The normalized spacial score (nSPS) is 9.58. The van der Waals surface area contributed by atoms with Crippen LogP contribution < -0.4 is 98.5 Å². The fraction of sp³-hybridized carbons (Fsp3) is 0. The Morgan fingerprint density at radius 3 is 0.806 bits per heavy atom. The number of hydrogen-bond donors (Lipinski definition) is 3. The third kappa shape index (κ3) is 8.04. The van der Waals surface area contributed by atoms with Gasteiger partial charge in [-0.15, -0.1) is 0 Å². The summed E-state index contributed by atoms with van der Waals surface area (Å²) in [7, 11) is 0. The number of rotatable bonds is 6. The van der Waals surface area contributed by atoms with E-state index in [1.165, 1.54) is 0 Å². The molecule has 0 aliphatic heterocycles. The van der Waals surface area contributed by atoms with Crippen molar-refractivity contribution in [1.29, 1.82) is 0 Å². The zero-order chi connectivity index (χ0) is 20.3. The zero-order valence-electron chi connectivity index (χ0n) is 17.4. The SMILES string of the molecule is O=C(O)c1cc[c]([Bi]([c]2ccc(C(=O)O)cc2)[c]2ccc(C(=O)O)cc2)cc1.[Na+].[Na+].[Na+]. The van der Waals surface area contributed by atoms with Gasteiger partial charge in [-0.2, -0.15) is 0 Å². The molecule has 0 aliphatic carbocycles. The molecule has 3 N–H and O–H groups in total. The molecule has 3 rings (SSSR count). The van der Waals surface area contributed by atoms with Crippen molar-refractivity contribution in [1.82, 2.24) is 0 Å². The van der Waals surface area contributed by atoms with E-state index in [0.29, 0.717) is 0 Å². The minimum atomic E-state index is -2.85. The van der Waals surface area contributed by atoms with Gasteiger partial charge in [-0.25, -0.2) is 0 Å². The number of carboxylic acids is 3. The maximum absolute atomic E-state index is 11.1. The molecule has 10 heteroatoms. The van der Waals surface area contributed by atoms with Gasteiger partial charge in [0.25, 0.3) is 0 Å². The van der Waals surface area contributed by atoms with Gasteiger partial charge in [0.15, 0.2) is 0 Å². The fourth-order valence-corrected chi connectivity index (χ4v) is 11.4. The van der Waals surface area contributed by atoms with Crippen molar-refractivity contribution in [2.75, 3.05) is 0 Å². The van der Waals surface area contributed by atoms with Crippen molar-refractivity contribution in [3.8, 4) is 0 Å². The van der Waals surface area contributed by atoms with Gasteiger partial charge in [0, 0.05) is 0 Å². The predicted octanol–water partition coefficient (Wildman–Crippen LogP) is -7.69. The Balaban J connectivity index is 0.00000300. The molecule has 0 bridgehead atoms. The Kier molecular flexibility index (Phi) is 14.2. The van der Waals surface area contributed by atoms with Crippen molar-refractivity contribution >= 4 is 49.5 Å². The molecular formula is C21H15BiNa3O6+3. The summed E-state index contributed by atoms with van der Waals surface area (Å²) in [5, 5.41) is 27.4. The summed E-state index contributed by atoms with van der Waals surface area (Å²) in [4.78, 5) is 33.4. The van der Waals surface area contributed by atoms with Crippen LogP contribution in [0.4, 0.5) is 0 Å². The van der Waals surface area contributed by atoms with Crippen molar-refractivity contribution < 1.29 is 118 Å². The monoisotopic (exact) mass is 641 g/mol. The first-order valence-corrected chi connectivity index (χ1v) is 13.4. The molecule has 0 atom stereocenters. The topological polar surface area (TPSA) is 112 Å². The average molecular weight is 641 g/mol. The van der Waals surface area contributed by atoms with Crippen LogP contribution in [0.2, 0.25) is 0 Å². The summed E-state index contributed by atoms with van der Waals surface area (Å²) in [5.41, 5.74) is 0.570. The first-order valence-electron chi connectivity index (χ1n) is 8.17. The standard InChI is InChI=1S/3C7H5O2.Bi.3Na/c3*8-7(9)6-4-2-1-3-5-6;;;;/h3*2-5H,(H,8,9);;;;/q;;;;3*+1. The molecule has 0 radical (unpaired) electrons. The van der Waals surface area contributed by atoms with Crippen LogP contribution >= 0.6 is 0 Å². The van der Waals surface area contributed by atoms with Crippen molar-refractivity contribution in [2.45, 2.75) is 0 Å². The van der Waals surface area contributed by atoms with Crippen molar-refractivity contribution in [3.05, 3.63) is 89.5 Å². The second kappa shape index (κ2) is 14.3. The number of carboxylic acid groups (broad SMARTS) is 3. The first kappa shape index (κ1) is 31.0. The van der Waals surface area contributed by atoms with E-state index in [1.54, 1.807) is 72.8 Å². The summed E-state index contributed by atoms with van der Waals surface area (Å²) in [5.74, 6) is -3.02. The molecule has 0 saturated carbocycles. The molecule has 0 unspecified atom stereocenters. The molecular weight excluding hydrogens is 626 g/mol. The van der Waals surface area contributed by atoms with Crippen molar-refractivity contribution in [2.24, 2.45) is 0 Å². The summed E-state index contributed by atoms with van der Waals surface area (Å²) in [6, 6.07) is 20.1. The molecule has 3 aromatic rings. The van der Waals surface area contributed by atoms with Gasteiger partial charge >= 0.3 is 257 Å². The minimum absolute atomic E-state index is 0. The van der Waals surface area contributed by atoms with Crippen LogP contribution in [0.5, 0.6) is 0 Å². The van der Waals surface area contributed by atoms with E-state index in [-0.39, 0.29) is 105 Å². The smallest absolute Gasteiger partial charge is 1.00 e. The van der Waals surface area contributed by atoms with Crippen LogP contribution in [-0.4, -0.2) is 55.0 Å². The number of hydrogen-bond acceptors (Lipinski definition) is 3. The average Bonchev–Trinajstić information content (AvgIpc) is 2.69. The second-order valence-electron chi connectivity index (χ2n) is 5.89. The van der Waals surface area contributed by atoms with Gasteiger partial charge in [0.05, 0.1) is 0 Å². The molecule has 3 aromatic carbocycles. The predicted molar refractivity (Wildman–Crippen MR) is 105 cm³/mol. The molecule has 0 aliphatic rings. The van der Waals surface area contributed by atoms with E-state index in [0.717, 1.165) is 9.81 Å². The van der Waals surface area contributed by atoms with Gasteiger partial charge < -0.3 is 0 Å². The Morgan fingerprint density at radius 1 is 0.452 bits per heavy atom. The van der Waals surface area contributed by atoms with E-state index in [9.17, 15) is 14.4 Å². The summed E-state index contributed by atoms with van der Waals surface area (Å²) in [6.07, 6.45) is 0. The molecule has 6 nitrogen and oxygen atoms in total. The Morgan fingerprint density at radius 2 is 0.645 bits per heavy atom. The van der Waals surface area contributed by atoms with Crippen LogP contribution in [-0.2, 0) is 0 Å². The quantitative estimate of drug-likeness (QED) is 0.231. The van der Waals surface area contributed by atoms with Gasteiger partial charge in [-0.1, -0.05) is 0 Å². The molecule has 0 fully saturated rings. The van der Waals surface area contributed by atoms with Crippen LogP contribution in [0.25, 0.3) is 0 Å². The Labute approximate surface area is 253 Å². The zero-order valence-corrected chi connectivity index (χ0v) is 26.9. The van der Waals surface area contributed by atoms with E-state index >= 15 is 0 Å². The van der Waals surface area contributed by atoms with Crippen LogP contribution in [0.1, 0.15) is 31.1 Å². The van der Waals surface area contributed by atoms with E-state index in [2.05, 4.69) is 0 Å². The number of carbonyl (C=O) groups is 3. The Bertz CT molecular complexity index is 902. The molecule has 0 aromatic heterocycles. The van der Waals surface area contributed by atoms with Crippen molar-refractivity contribution in [3.63, 3.8) is 0 Å². The molecule has 0 heterocycles. The van der Waals surface area contributed by atoms with Crippen LogP contribution in [0.3, 0.4) is 0 Å². The third-order valence-corrected chi connectivity index (χ3v) is 13.6. The fourth-order valence-electron chi connectivity index (χ4n) is 2.71. The Hall–Kier alpha value is -0.0469. The van der Waals surface area contributed by atoms with Crippen LogP contribution in [0.15, 0.2) is 72.8 Å². The van der Waals surface area contributed by atoms with Gasteiger partial charge in [0.2, 0.25) is 0 Å². The largest absolute Gasteiger partial charge is 1.00 e. The number of aromatic carboxylic acids is 3. The van der Waals surface area contributed by atoms with Gasteiger partial charge in [-0.05, 0) is 0 Å². The minimum Gasteiger partial charge on any atom is 1.00 e. The maximum Gasteiger partial charge on any atom is 1.00 e. The van der Waals surface area contributed by atoms with E-state index in [1.807, 2.05) is 0 Å². The number of benzene rings is 3. The molecule has 0 saturated heterocycles. The summed E-state index contributed by atoms with van der Waals surface area (Å²) >= 11 is -2.85. The van der Waals surface area contributed by atoms with E-state index in [4.69, 9.17) is 15.3 Å². The maximum atomic E-state index is 11.1. The van der Waals surface area contributed by atoms with Gasteiger partial charge in [-0.3, -0.25) is 0 Å². The summed E-state index contributed by atoms with van der Waals surface area (Å²) in [6.45, 7) is 0. The molecule has 0 spiro atoms. The second-order valence-corrected chi connectivity index (χ2v) is 14.5. The molecule has 0 amide bonds. The molecule has 140 valence electrons. The third-order valence-electron chi connectivity index (χ3n) is 4.12. The molecule has 31 heavy (non-hydrogen) atoms. The van der Waals surface area contributed by atoms with Crippen LogP contribution in [0, 0.1) is 0 Å². The summed E-state index contributed by atoms with van der Waals surface area (Å²) < 4.78 is 3.02.